The number of rotatable bonds is 3. The first-order valence-corrected chi connectivity index (χ1v) is 3.68. The van der Waals surface area contributed by atoms with E-state index in [1.54, 1.807) is 0 Å². The maximum absolute atomic E-state index is 10.5. The summed E-state index contributed by atoms with van der Waals surface area (Å²) < 4.78 is 0. The van der Waals surface area contributed by atoms with Crippen LogP contribution in [-0.4, -0.2) is 21.1 Å². The summed E-state index contributed by atoms with van der Waals surface area (Å²) in [5, 5.41) is 28.0. The van der Waals surface area contributed by atoms with Crippen LogP contribution in [0.2, 0.25) is 0 Å². The molecule has 0 saturated heterocycles. The van der Waals surface area contributed by atoms with Gasteiger partial charge in [0.15, 0.2) is 6.10 Å². The Bertz CT molecular complexity index is 376. The molecule has 6 nitrogen and oxygen atoms in total. The quantitative estimate of drug-likeness (QED) is 0.549. The second kappa shape index (κ2) is 3.84. The van der Waals surface area contributed by atoms with Gasteiger partial charge in [-0.15, -0.1) is 0 Å². The fraction of sp³-hybridized carbons (Fsp3) is 0.125. The molecule has 0 unspecified atom stereocenters. The van der Waals surface area contributed by atoms with E-state index < -0.39 is 22.7 Å². The molecule has 0 aliphatic heterocycles. The molecule has 0 saturated carbocycles. The molecule has 0 spiro atoms. The molecule has 1 rings (SSSR count). The maximum atomic E-state index is 10.5. The summed E-state index contributed by atoms with van der Waals surface area (Å²) in [7, 11) is 0. The molecule has 2 N–H and O–H groups in total. The largest absolute Gasteiger partial charge is 0.479 e. The van der Waals surface area contributed by atoms with Crippen molar-refractivity contribution in [2.75, 3.05) is 0 Å². The number of benzene rings is 1. The molecule has 0 bridgehead atoms. The van der Waals surface area contributed by atoms with E-state index in [1.165, 1.54) is 18.2 Å². The Balaban J connectivity index is 3.19. The van der Waals surface area contributed by atoms with Crippen LogP contribution in [-0.2, 0) is 4.79 Å². The van der Waals surface area contributed by atoms with Gasteiger partial charge in [-0.3, -0.25) is 10.1 Å². The van der Waals surface area contributed by atoms with Gasteiger partial charge in [-0.05, 0) is 6.07 Å². The van der Waals surface area contributed by atoms with Crippen LogP contribution in [0.5, 0.6) is 0 Å². The predicted molar refractivity (Wildman–Crippen MR) is 45.7 cm³/mol. The zero-order chi connectivity index (χ0) is 10.7. The van der Waals surface area contributed by atoms with E-state index in [0.717, 1.165) is 6.07 Å². The first kappa shape index (κ1) is 10.1. The summed E-state index contributed by atoms with van der Waals surface area (Å²) in [6.07, 6.45) is -1.86. The number of aliphatic carboxylic acids is 1. The molecular weight excluding hydrogens is 190 g/mol. The summed E-state index contributed by atoms with van der Waals surface area (Å²) in [5.41, 5.74) is -0.618. The van der Waals surface area contributed by atoms with Gasteiger partial charge in [-0.1, -0.05) is 12.1 Å². The van der Waals surface area contributed by atoms with Crippen molar-refractivity contribution < 1.29 is 19.9 Å². The molecule has 1 atom stereocenters. The molecule has 0 amide bonds. The summed E-state index contributed by atoms with van der Waals surface area (Å²) in [5.74, 6) is -1.51. The van der Waals surface area contributed by atoms with Crippen molar-refractivity contribution in [3.63, 3.8) is 0 Å². The van der Waals surface area contributed by atoms with Crippen LogP contribution in [0.15, 0.2) is 24.3 Å². The van der Waals surface area contributed by atoms with Crippen LogP contribution >= 0.6 is 0 Å². The fourth-order valence-corrected chi connectivity index (χ4v) is 1.02. The van der Waals surface area contributed by atoms with Crippen molar-refractivity contribution in [3.8, 4) is 0 Å². The van der Waals surface area contributed by atoms with E-state index in [0.29, 0.717) is 0 Å². The second-order valence-corrected chi connectivity index (χ2v) is 2.56. The van der Waals surface area contributed by atoms with Crippen LogP contribution in [0.3, 0.4) is 0 Å². The van der Waals surface area contributed by atoms with Gasteiger partial charge in [-0.25, -0.2) is 4.79 Å². The van der Waals surface area contributed by atoms with Crippen molar-refractivity contribution in [2.45, 2.75) is 6.10 Å². The number of carboxylic acids is 1. The number of nitrogens with zero attached hydrogens (tertiary/aromatic N) is 1. The van der Waals surface area contributed by atoms with Gasteiger partial charge in [0.05, 0.1) is 10.5 Å². The summed E-state index contributed by atoms with van der Waals surface area (Å²) in [6.45, 7) is 0. The molecule has 0 heterocycles. The molecule has 0 aliphatic rings. The van der Waals surface area contributed by atoms with Gasteiger partial charge in [0.25, 0.3) is 5.69 Å². The van der Waals surface area contributed by atoms with Crippen molar-refractivity contribution in [1.82, 2.24) is 0 Å². The summed E-state index contributed by atoms with van der Waals surface area (Å²) in [4.78, 5) is 20.1. The second-order valence-electron chi connectivity index (χ2n) is 2.56. The average molecular weight is 197 g/mol. The lowest BCUT2D eigenvalue weighted by molar-refractivity contribution is -0.386. The van der Waals surface area contributed by atoms with E-state index in [2.05, 4.69) is 0 Å². The number of carbonyl (C=O) groups is 1. The van der Waals surface area contributed by atoms with E-state index in [4.69, 9.17) is 10.2 Å². The van der Waals surface area contributed by atoms with E-state index in [-0.39, 0.29) is 5.56 Å². The van der Waals surface area contributed by atoms with Crippen molar-refractivity contribution in [2.24, 2.45) is 0 Å². The third-order valence-corrected chi connectivity index (χ3v) is 1.66. The van der Waals surface area contributed by atoms with Gasteiger partial charge in [0, 0.05) is 6.07 Å². The van der Waals surface area contributed by atoms with Crippen LogP contribution < -0.4 is 0 Å². The van der Waals surface area contributed by atoms with E-state index in [9.17, 15) is 14.9 Å². The topological polar surface area (TPSA) is 101 Å². The highest BCUT2D eigenvalue weighted by molar-refractivity contribution is 5.75. The first-order chi connectivity index (χ1) is 6.54. The minimum Gasteiger partial charge on any atom is -0.479 e. The molecule has 14 heavy (non-hydrogen) atoms. The Morgan fingerprint density at radius 1 is 1.43 bits per heavy atom. The third kappa shape index (κ3) is 1.86. The molecule has 1 aromatic carbocycles. The number of para-hydroxylation sites is 1. The maximum Gasteiger partial charge on any atom is 0.337 e. The highest BCUT2D eigenvalue weighted by Gasteiger charge is 2.24. The molecule has 0 fully saturated rings. The summed E-state index contributed by atoms with van der Waals surface area (Å²) in [6, 6.07) is 5.17. The lowest BCUT2D eigenvalue weighted by Gasteiger charge is -2.05. The van der Waals surface area contributed by atoms with Crippen molar-refractivity contribution in [3.05, 3.63) is 39.9 Å². The standard InChI is InChI=1S/C8H7NO5/c10-7(8(11)12)5-3-1-2-4-6(5)9(13)14/h1-4,7,10H,(H,11,12)/t7-/m0/s1. The minimum absolute atomic E-state index is 0.218. The van der Waals surface area contributed by atoms with Crippen LogP contribution in [0.1, 0.15) is 11.7 Å². The monoisotopic (exact) mass is 197 g/mol. The number of aliphatic hydroxyl groups excluding tert-OH is 1. The molecular formula is C8H7NO5. The van der Waals surface area contributed by atoms with Crippen LogP contribution in [0, 0.1) is 10.1 Å². The lowest BCUT2D eigenvalue weighted by atomic mass is 10.1. The normalized spacial score (nSPS) is 12.1. The Labute approximate surface area is 78.6 Å². The van der Waals surface area contributed by atoms with Crippen LogP contribution in [0.25, 0.3) is 0 Å². The van der Waals surface area contributed by atoms with Crippen molar-refractivity contribution >= 4 is 11.7 Å². The Kier molecular flexibility index (Phi) is 2.78. The van der Waals surface area contributed by atoms with Gasteiger partial charge in [-0.2, -0.15) is 0 Å². The Hall–Kier alpha value is -1.95. The number of aliphatic hydroxyl groups is 1. The molecule has 74 valence electrons. The average Bonchev–Trinajstić information content (AvgIpc) is 2.16. The first-order valence-electron chi connectivity index (χ1n) is 3.68. The lowest BCUT2D eigenvalue weighted by Crippen LogP contribution is -2.12. The van der Waals surface area contributed by atoms with Gasteiger partial charge in [0.2, 0.25) is 0 Å². The Morgan fingerprint density at radius 3 is 2.50 bits per heavy atom. The molecule has 1 aromatic rings. The molecule has 6 heteroatoms. The highest BCUT2D eigenvalue weighted by atomic mass is 16.6. The highest BCUT2D eigenvalue weighted by Crippen LogP contribution is 2.24. The number of carboxylic acid groups (broad SMARTS) is 1. The third-order valence-electron chi connectivity index (χ3n) is 1.66. The van der Waals surface area contributed by atoms with Gasteiger partial charge in [0.1, 0.15) is 0 Å². The Morgan fingerprint density at radius 2 is 2.00 bits per heavy atom. The van der Waals surface area contributed by atoms with Gasteiger partial charge >= 0.3 is 5.97 Å². The number of hydrogen-bond donors (Lipinski definition) is 2. The SMILES string of the molecule is O=C(O)[C@@H](O)c1ccccc1[N+](=O)[O-]. The van der Waals surface area contributed by atoms with Crippen LogP contribution in [0.4, 0.5) is 5.69 Å². The zero-order valence-corrected chi connectivity index (χ0v) is 6.95. The summed E-state index contributed by atoms with van der Waals surface area (Å²) >= 11 is 0. The number of nitro benzene ring substituents is 1. The number of hydrogen-bond acceptors (Lipinski definition) is 4. The fourth-order valence-electron chi connectivity index (χ4n) is 1.02. The predicted octanol–water partition coefficient (Wildman–Crippen LogP) is 0.713. The van der Waals surface area contributed by atoms with E-state index in [1.807, 2.05) is 0 Å². The van der Waals surface area contributed by atoms with Crippen molar-refractivity contribution in [1.29, 1.82) is 0 Å². The minimum atomic E-state index is -1.86. The molecule has 0 aliphatic carbocycles. The molecule has 0 radical (unpaired) electrons. The van der Waals surface area contributed by atoms with Gasteiger partial charge < -0.3 is 10.2 Å². The smallest absolute Gasteiger partial charge is 0.337 e. The van der Waals surface area contributed by atoms with E-state index >= 15 is 0 Å². The number of nitro groups is 1. The zero-order valence-electron chi connectivity index (χ0n) is 6.95. The molecule has 0 aromatic heterocycles.